The minimum atomic E-state index is -0.572. The molecule has 2 N–H and O–H groups in total. The van der Waals surface area contributed by atoms with E-state index in [0.717, 1.165) is 17.0 Å². The molecule has 0 radical (unpaired) electrons. The maximum atomic E-state index is 12.5. The number of ether oxygens (including phenoxy) is 1. The number of hydrazone groups is 1. The van der Waals surface area contributed by atoms with Crippen LogP contribution in [-0.4, -0.2) is 29.3 Å². The summed E-state index contributed by atoms with van der Waals surface area (Å²) in [6.07, 6.45) is 1.15. The molecule has 0 aliphatic rings. The Hall–Kier alpha value is -3.21. The predicted molar refractivity (Wildman–Crippen MR) is 113 cm³/mol. The van der Waals surface area contributed by atoms with Crippen molar-refractivity contribution >= 4 is 51.2 Å². The van der Waals surface area contributed by atoms with Crippen LogP contribution in [0.5, 0.6) is 11.5 Å². The van der Waals surface area contributed by atoms with Gasteiger partial charge in [-0.2, -0.15) is 5.10 Å². The van der Waals surface area contributed by atoms with E-state index in [4.69, 9.17) is 4.74 Å². The van der Waals surface area contributed by atoms with Gasteiger partial charge >= 0.3 is 0 Å². The molecule has 0 atom stereocenters. The van der Waals surface area contributed by atoms with Gasteiger partial charge in [0.15, 0.2) is 0 Å². The lowest BCUT2D eigenvalue weighted by atomic mass is 10.1. The highest BCUT2D eigenvalue weighted by atomic mass is 127. The molecule has 28 heavy (non-hydrogen) atoms. The summed E-state index contributed by atoms with van der Waals surface area (Å²) in [6, 6.07) is 13.4. The maximum absolute atomic E-state index is 12.5. The first-order chi connectivity index (χ1) is 13.4. The molecule has 0 aromatic heterocycles. The van der Waals surface area contributed by atoms with Crippen LogP contribution < -0.4 is 10.2 Å². The highest BCUT2D eigenvalue weighted by Crippen LogP contribution is 2.28. The third kappa shape index (κ3) is 4.03. The van der Waals surface area contributed by atoms with Gasteiger partial charge in [0, 0.05) is 17.7 Å². The molecule has 0 saturated carbocycles. The lowest BCUT2D eigenvalue weighted by molar-refractivity contribution is -0.385. The first-order valence-corrected chi connectivity index (χ1v) is 9.05. The van der Waals surface area contributed by atoms with Gasteiger partial charge in [-0.3, -0.25) is 14.9 Å². The third-order valence-corrected chi connectivity index (χ3v) is 4.79. The Labute approximate surface area is 173 Å². The zero-order valence-corrected chi connectivity index (χ0v) is 16.7. The number of nitrogens with zero attached hydrogens (tertiary/aromatic N) is 2. The first kappa shape index (κ1) is 19.5. The second-order valence-corrected chi connectivity index (χ2v) is 6.88. The highest BCUT2D eigenvalue weighted by molar-refractivity contribution is 14.1. The fraction of sp³-hybridized carbons (Fsp3) is 0.0526. The van der Waals surface area contributed by atoms with Crippen LogP contribution in [0.25, 0.3) is 10.8 Å². The number of phenols is 1. The molecular formula is C19H14IN3O5. The first-order valence-electron chi connectivity index (χ1n) is 7.98. The number of carbonyl (C=O) groups excluding carboxylic acids is 1. The Kier molecular flexibility index (Phi) is 5.73. The van der Waals surface area contributed by atoms with E-state index in [1.807, 2.05) is 24.3 Å². The summed E-state index contributed by atoms with van der Waals surface area (Å²) in [5, 5.41) is 26.6. The fourth-order valence-corrected chi connectivity index (χ4v) is 3.23. The highest BCUT2D eigenvalue weighted by Gasteiger charge is 2.15. The number of phenolic OH excluding ortho intramolecular Hbond substituents is 1. The van der Waals surface area contributed by atoms with E-state index >= 15 is 0 Å². The quantitative estimate of drug-likeness (QED) is 0.244. The molecule has 142 valence electrons. The van der Waals surface area contributed by atoms with Crippen LogP contribution in [0.15, 0.2) is 53.6 Å². The number of hydrogen-bond acceptors (Lipinski definition) is 6. The summed E-state index contributed by atoms with van der Waals surface area (Å²) in [4.78, 5) is 22.9. The number of hydrogen-bond donors (Lipinski definition) is 2. The summed E-state index contributed by atoms with van der Waals surface area (Å²) in [7, 11) is 1.47. The molecule has 3 aromatic carbocycles. The molecule has 0 aliphatic carbocycles. The van der Waals surface area contributed by atoms with Gasteiger partial charge in [-0.1, -0.05) is 24.3 Å². The van der Waals surface area contributed by atoms with Crippen LogP contribution >= 0.6 is 22.6 Å². The topological polar surface area (TPSA) is 114 Å². The van der Waals surface area contributed by atoms with Gasteiger partial charge in [0.2, 0.25) is 0 Å². The molecule has 3 aromatic rings. The van der Waals surface area contributed by atoms with Crippen molar-refractivity contribution in [3.8, 4) is 11.5 Å². The van der Waals surface area contributed by atoms with Gasteiger partial charge < -0.3 is 9.84 Å². The summed E-state index contributed by atoms with van der Waals surface area (Å²) in [5.41, 5.74) is 2.56. The summed E-state index contributed by atoms with van der Waals surface area (Å²) >= 11 is 1.78. The van der Waals surface area contributed by atoms with Crippen LogP contribution in [-0.2, 0) is 0 Å². The molecule has 0 fully saturated rings. The van der Waals surface area contributed by atoms with Crippen molar-refractivity contribution in [2.45, 2.75) is 0 Å². The molecule has 0 saturated heterocycles. The monoisotopic (exact) mass is 491 g/mol. The van der Waals surface area contributed by atoms with Crippen LogP contribution in [0.2, 0.25) is 0 Å². The maximum Gasteiger partial charge on any atom is 0.275 e. The molecule has 0 heterocycles. The molecule has 1 amide bonds. The minimum Gasteiger partial charge on any atom is -0.506 e. The number of rotatable bonds is 5. The molecule has 3 rings (SSSR count). The number of halogens is 1. The normalized spacial score (nSPS) is 10.9. The smallest absolute Gasteiger partial charge is 0.275 e. The number of nitro groups is 1. The molecule has 8 nitrogen and oxygen atoms in total. The second kappa shape index (κ2) is 8.21. The number of amides is 1. The van der Waals surface area contributed by atoms with Gasteiger partial charge in [0.25, 0.3) is 11.6 Å². The average Bonchev–Trinajstić information content (AvgIpc) is 2.69. The van der Waals surface area contributed by atoms with E-state index < -0.39 is 10.8 Å². The van der Waals surface area contributed by atoms with Crippen molar-refractivity contribution in [2.24, 2.45) is 5.10 Å². The molecule has 0 aliphatic heterocycles. The largest absolute Gasteiger partial charge is 0.506 e. The summed E-state index contributed by atoms with van der Waals surface area (Å²) < 4.78 is 5.59. The Balaban J connectivity index is 1.86. The summed E-state index contributed by atoms with van der Waals surface area (Å²) in [5.74, 6) is -0.287. The van der Waals surface area contributed by atoms with E-state index in [9.17, 15) is 20.0 Å². The van der Waals surface area contributed by atoms with Gasteiger partial charge in [-0.15, -0.1) is 0 Å². The Bertz CT molecular complexity index is 1110. The number of benzene rings is 3. The number of nitrogens with one attached hydrogen (secondary N) is 1. The SMILES string of the molecule is COc1cc2ccccc2cc1C(=O)N/N=C/c1cc([N+](=O)[O-])cc(I)c1O. The van der Waals surface area contributed by atoms with Crippen molar-refractivity contribution < 1.29 is 19.6 Å². The van der Waals surface area contributed by atoms with E-state index in [2.05, 4.69) is 10.5 Å². The van der Waals surface area contributed by atoms with Crippen molar-refractivity contribution in [2.75, 3.05) is 7.11 Å². The van der Waals surface area contributed by atoms with E-state index in [1.54, 1.807) is 34.7 Å². The van der Waals surface area contributed by atoms with Crippen molar-refractivity contribution in [1.29, 1.82) is 0 Å². The molecule has 9 heteroatoms. The van der Waals surface area contributed by atoms with Gasteiger partial charge in [-0.05, 0) is 45.5 Å². The Morgan fingerprint density at radius 1 is 1.25 bits per heavy atom. The van der Waals surface area contributed by atoms with Crippen molar-refractivity contribution in [3.05, 3.63) is 73.3 Å². The van der Waals surface area contributed by atoms with Crippen LogP contribution in [0.1, 0.15) is 15.9 Å². The number of fused-ring (bicyclic) bond motifs is 1. The lowest BCUT2D eigenvalue weighted by Gasteiger charge is -2.09. The number of carbonyl (C=O) groups is 1. The third-order valence-electron chi connectivity index (χ3n) is 3.97. The zero-order chi connectivity index (χ0) is 20.3. The van der Waals surface area contributed by atoms with Crippen LogP contribution in [0, 0.1) is 13.7 Å². The van der Waals surface area contributed by atoms with Crippen LogP contribution in [0.3, 0.4) is 0 Å². The van der Waals surface area contributed by atoms with Crippen molar-refractivity contribution in [3.63, 3.8) is 0 Å². The molecule has 0 bridgehead atoms. The zero-order valence-electron chi connectivity index (χ0n) is 14.5. The van der Waals surface area contributed by atoms with Gasteiger partial charge in [0.05, 0.1) is 27.4 Å². The molecule has 0 unspecified atom stereocenters. The number of methoxy groups -OCH3 is 1. The second-order valence-electron chi connectivity index (χ2n) is 5.72. The summed E-state index contributed by atoms with van der Waals surface area (Å²) in [6.45, 7) is 0. The molecule has 0 spiro atoms. The van der Waals surface area contributed by atoms with E-state index in [-0.39, 0.29) is 22.6 Å². The lowest BCUT2D eigenvalue weighted by Crippen LogP contribution is -2.18. The minimum absolute atomic E-state index is 0.115. The van der Waals surface area contributed by atoms with Crippen LogP contribution in [0.4, 0.5) is 5.69 Å². The van der Waals surface area contributed by atoms with Crippen molar-refractivity contribution in [1.82, 2.24) is 5.43 Å². The standard InChI is InChI=1S/C19H14IN3O5/c1-28-17-8-12-5-3-2-4-11(12)7-15(17)19(25)22-21-10-13-6-14(23(26)27)9-16(20)18(13)24/h2-10,24H,1H3,(H,22,25)/b21-10+. The van der Waals surface area contributed by atoms with E-state index in [1.165, 1.54) is 19.2 Å². The number of nitro benzene ring substituents is 1. The Morgan fingerprint density at radius 3 is 2.57 bits per heavy atom. The fourth-order valence-electron chi connectivity index (χ4n) is 2.60. The Morgan fingerprint density at radius 2 is 1.93 bits per heavy atom. The number of aromatic hydroxyl groups is 1. The van der Waals surface area contributed by atoms with Gasteiger partial charge in [-0.25, -0.2) is 5.43 Å². The van der Waals surface area contributed by atoms with E-state index in [0.29, 0.717) is 9.32 Å². The average molecular weight is 491 g/mol. The van der Waals surface area contributed by atoms with Gasteiger partial charge in [0.1, 0.15) is 11.5 Å². The predicted octanol–water partition coefficient (Wildman–Crippen LogP) is 3.83. The molecular weight excluding hydrogens is 477 g/mol. The number of non-ortho nitro benzene ring substituents is 1.